The second-order valence-electron chi connectivity index (χ2n) is 7.86. The number of aromatic nitrogens is 4. The Balaban J connectivity index is 1.61. The molecule has 0 aliphatic carbocycles. The minimum absolute atomic E-state index is 0.0120. The molecule has 12 heteroatoms. The van der Waals surface area contributed by atoms with Gasteiger partial charge in [0.2, 0.25) is 0 Å². The van der Waals surface area contributed by atoms with Crippen molar-refractivity contribution in [3.63, 3.8) is 0 Å². The molecule has 2 amide bonds. The van der Waals surface area contributed by atoms with Gasteiger partial charge in [-0.05, 0) is 29.7 Å². The molecule has 0 spiro atoms. The lowest BCUT2D eigenvalue weighted by Crippen LogP contribution is -2.18. The zero-order chi connectivity index (χ0) is 26.6. The SMILES string of the molecule is N#Cc1cnn(-c2ncccn2)c1/N=N/c1c(O)c(C(=O)Nc2ccccc2C(N)=O)cc2ccccc12. The molecule has 38 heavy (non-hydrogen) atoms. The summed E-state index contributed by atoms with van der Waals surface area (Å²) in [4.78, 5) is 33.2. The van der Waals surface area contributed by atoms with Crippen LogP contribution in [0.1, 0.15) is 26.3 Å². The fourth-order valence-electron chi connectivity index (χ4n) is 3.75. The molecule has 0 aliphatic rings. The Hall–Kier alpha value is -5.96. The number of azo groups is 1. The summed E-state index contributed by atoms with van der Waals surface area (Å²) in [5.41, 5.74) is 5.69. The predicted molar refractivity (Wildman–Crippen MR) is 137 cm³/mol. The molecule has 0 aliphatic heterocycles. The first-order valence-corrected chi connectivity index (χ1v) is 11.1. The Morgan fingerprint density at radius 2 is 1.74 bits per heavy atom. The van der Waals surface area contributed by atoms with Gasteiger partial charge in [-0.15, -0.1) is 10.2 Å². The largest absolute Gasteiger partial charge is 0.505 e. The molecule has 5 aromatic rings. The van der Waals surface area contributed by atoms with Crippen LogP contribution in [0.25, 0.3) is 16.7 Å². The number of phenolic OH excluding ortho intramolecular Hbond substituents is 1. The van der Waals surface area contributed by atoms with Crippen molar-refractivity contribution in [3.8, 4) is 17.8 Å². The maximum Gasteiger partial charge on any atom is 0.259 e. The molecular formula is C26H17N9O3. The van der Waals surface area contributed by atoms with Gasteiger partial charge in [0, 0.05) is 17.8 Å². The Labute approximate surface area is 214 Å². The molecule has 2 aromatic heterocycles. The van der Waals surface area contributed by atoms with Crippen LogP contribution in [0.4, 0.5) is 17.2 Å². The third-order valence-electron chi connectivity index (χ3n) is 5.53. The second-order valence-corrected chi connectivity index (χ2v) is 7.86. The first-order valence-electron chi connectivity index (χ1n) is 11.1. The number of para-hydroxylation sites is 1. The van der Waals surface area contributed by atoms with Crippen LogP contribution in [0, 0.1) is 11.3 Å². The van der Waals surface area contributed by atoms with Gasteiger partial charge in [0.25, 0.3) is 17.8 Å². The summed E-state index contributed by atoms with van der Waals surface area (Å²) < 4.78 is 1.23. The smallest absolute Gasteiger partial charge is 0.259 e. The van der Waals surface area contributed by atoms with Gasteiger partial charge in [-0.3, -0.25) is 9.59 Å². The average Bonchev–Trinajstić information content (AvgIpc) is 3.35. The van der Waals surface area contributed by atoms with E-state index < -0.39 is 17.6 Å². The zero-order valence-corrected chi connectivity index (χ0v) is 19.5. The number of nitrogens with zero attached hydrogens (tertiary/aromatic N) is 7. The van der Waals surface area contributed by atoms with Crippen LogP contribution < -0.4 is 11.1 Å². The summed E-state index contributed by atoms with van der Waals surface area (Å²) in [5, 5.41) is 36.9. The molecule has 3 aromatic carbocycles. The molecule has 4 N–H and O–H groups in total. The zero-order valence-electron chi connectivity index (χ0n) is 19.5. The number of primary amides is 1. The molecule has 0 saturated heterocycles. The van der Waals surface area contributed by atoms with Crippen LogP contribution >= 0.6 is 0 Å². The molecule has 2 heterocycles. The standard InChI is InChI=1S/C26H17N9O3/c27-13-16-14-31-35(26-29-10-5-11-30-26)24(16)34-33-21-17-7-2-1-6-15(17)12-19(22(21)36)25(38)32-20-9-4-3-8-18(20)23(28)37/h1-12,14,36H,(H2,28,37)(H,32,38)/b34-33+. The maximum absolute atomic E-state index is 13.2. The number of rotatable bonds is 6. The number of fused-ring (bicyclic) bond motifs is 1. The minimum atomic E-state index is -0.717. The maximum atomic E-state index is 13.2. The highest BCUT2D eigenvalue weighted by Gasteiger charge is 2.21. The first-order chi connectivity index (χ1) is 18.5. The number of nitrogens with one attached hydrogen (secondary N) is 1. The summed E-state index contributed by atoms with van der Waals surface area (Å²) in [7, 11) is 0. The monoisotopic (exact) mass is 503 g/mol. The molecule has 5 rings (SSSR count). The quantitative estimate of drug-likeness (QED) is 0.290. The molecule has 0 saturated carbocycles. The van der Waals surface area contributed by atoms with Crippen molar-refractivity contribution in [2.45, 2.75) is 0 Å². The fourth-order valence-corrected chi connectivity index (χ4v) is 3.75. The molecule has 0 unspecified atom stereocenters. The number of anilines is 1. The van der Waals surface area contributed by atoms with E-state index in [2.05, 4.69) is 30.6 Å². The van der Waals surface area contributed by atoms with Crippen LogP contribution in [0.2, 0.25) is 0 Å². The number of hydrogen-bond acceptors (Lipinski definition) is 9. The Kier molecular flexibility index (Phi) is 6.23. The van der Waals surface area contributed by atoms with E-state index in [9.17, 15) is 20.0 Å². The number of carbonyl (C=O) groups excluding carboxylic acids is 2. The molecule has 0 fully saturated rings. The fraction of sp³-hybridized carbons (Fsp3) is 0. The van der Waals surface area contributed by atoms with Crippen LogP contribution in [-0.2, 0) is 0 Å². The summed E-state index contributed by atoms with van der Waals surface area (Å²) in [6.45, 7) is 0. The number of aromatic hydroxyl groups is 1. The van der Waals surface area contributed by atoms with E-state index in [0.717, 1.165) is 0 Å². The number of carbonyl (C=O) groups is 2. The van der Waals surface area contributed by atoms with Gasteiger partial charge >= 0.3 is 0 Å². The van der Waals surface area contributed by atoms with Crippen molar-refractivity contribution in [1.82, 2.24) is 19.7 Å². The van der Waals surface area contributed by atoms with Crippen molar-refractivity contribution >= 4 is 39.8 Å². The lowest BCUT2D eigenvalue weighted by atomic mass is 10.0. The summed E-state index contributed by atoms with van der Waals surface area (Å²) in [6.07, 6.45) is 4.31. The lowest BCUT2D eigenvalue weighted by Gasteiger charge is -2.12. The number of hydrogen-bond donors (Lipinski definition) is 3. The van der Waals surface area contributed by atoms with Gasteiger partial charge in [0.15, 0.2) is 11.6 Å². The van der Waals surface area contributed by atoms with E-state index in [1.54, 1.807) is 42.5 Å². The van der Waals surface area contributed by atoms with Gasteiger partial charge in [-0.1, -0.05) is 36.4 Å². The van der Waals surface area contributed by atoms with Gasteiger partial charge in [-0.2, -0.15) is 15.0 Å². The van der Waals surface area contributed by atoms with Crippen LogP contribution in [-0.4, -0.2) is 36.7 Å². The molecule has 0 bridgehead atoms. The second kappa shape index (κ2) is 9.96. The highest BCUT2D eigenvalue weighted by Crippen LogP contribution is 2.40. The van der Waals surface area contributed by atoms with Crippen molar-refractivity contribution in [2.75, 3.05) is 5.32 Å². The average molecular weight is 503 g/mol. The molecule has 0 atom stereocenters. The van der Waals surface area contributed by atoms with E-state index in [-0.39, 0.29) is 39.8 Å². The van der Waals surface area contributed by atoms with Crippen LogP contribution in [0.3, 0.4) is 0 Å². The van der Waals surface area contributed by atoms with E-state index in [1.165, 1.54) is 41.5 Å². The van der Waals surface area contributed by atoms with Gasteiger partial charge in [0.1, 0.15) is 17.3 Å². The van der Waals surface area contributed by atoms with Crippen molar-refractivity contribution in [3.05, 3.63) is 95.9 Å². The third-order valence-corrected chi connectivity index (χ3v) is 5.53. The number of benzene rings is 3. The van der Waals surface area contributed by atoms with E-state index >= 15 is 0 Å². The third kappa shape index (κ3) is 4.38. The van der Waals surface area contributed by atoms with Gasteiger partial charge in [-0.25, -0.2) is 9.97 Å². The van der Waals surface area contributed by atoms with Crippen molar-refractivity contribution in [2.24, 2.45) is 16.0 Å². The lowest BCUT2D eigenvalue weighted by molar-refractivity contribution is 0.100. The van der Waals surface area contributed by atoms with Gasteiger partial charge < -0.3 is 16.2 Å². The number of nitrogens with two attached hydrogens (primary N) is 1. The van der Waals surface area contributed by atoms with E-state index in [0.29, 0.717) is 10.8 Å². The number of amides is 2. The highest BCUT2D eigenvalue weighted by molar-refractivity contribution is 6.13. The molecule has 184 valence electrons. The summed E-state index contributed by atoms with van der Waals surface area (Å²) in [6, 6.07) is 18.3. The summed E-state index contributed by atoms with van der Waals surface area (Å²) in [5.74, 6) is -1.67. The van der Waals surface area contributed by atoms with Crippen molar-refractivity contribution < 1.29 is 14.7 Å². The Morgan fingerprint density at radius 1 is 1.00 bits per heavy atom. The Bertz CT molecular complexity index is 1770. The highest BCUT2D eigenvalue weighted by atomic mass is 16.3. The molecular weight excluding hydrogens is 486 g/mol. The number of nitriles is 1. The van der Waals surface area contributed by atoms with Crippen LogP contribution in [0.5, 0.6) is 5.75 Å². The topological polar surface area (TPSA) is 185 Å². The van der Waals surface area contributed by atoms with Crippen molar-refractivity contribution in [1.29, 1.82) is 5.26 Å². The Morgan fingerprint density at radius 3 is 2.50 bits per heavy atom. The van der Waals surface area contributed by atoms with Gasteiger partial charge in [0.05, 0.1) is 23.0 Å². The minimum Gasteiger partial charge on any atom is -0.505 e. The van der Waals surface area contributed by atoms with E-state index in [4.69, 9.17) is 5.73 Å². The van der Waals surface area contributed by atoms with Crippen LogP contribution in [0.15, 0.2) is 89.5 Å². The first kappa shape index (κ1) is 23.8. The summed E-state index contributed by atoms with van der Waals surface area (Å²) >= 11 is 0. The molecule has 12 nitrogen and oxygen atoms in total. The normalized spacial score (nSPS) is 10.9. The number of phenols is 1. The molecule has 0 radical (unpaired) electrons. The van der Waals surface area contributed by atoms with E-state index in [1.807, 2.05) is 6.07 Å². The predicted octanol–water partition coefficient (Wildman–Crippen LogP) is 4.16.